The van der Waals surface area contributed by atoms with Gasteiger partial charge in [0.05, 0.1) is 16.3 Å². The molecular formula is C21H26ClN3O4S2. The third-order valence-electron chi connectivity index (χ3n) is 5.64. The van der Waals surface area contributed by atoms with Gasteiger partial charge in [0.15, 0.2) is 0 Å². The predicted octanol–water partition coefficient (Wildman–Crippen LogP) is 2.47. The zero-order valence-corrected chi connectivity index (χ0v) is 19.7. The fourth-order valence-electron chi connectivity index (χ4n) is 4.19. The molecule has 0 saturated carbocycles. The third-order valence-corrected chi connectivity index (χ3v) is 8.12. The Balaban J connectivity index is 2.09. The zero-order valence-electron chi connectivity index (χ0n) is 17.2. The quantitative estimate of drug-likeness (QED) is 0.438. The van der Waals surface area contributed by atoms with Crippen LogP contribution in [0.2, 0.25) is 0 Å². The maximum atomic E-state index is 13.4. The first kappa shape index (κ1) is 23.8. The lowest BCUT2D eigenvalue weighted by Gasteiger charge is -2.37. The summed E-state index contributed by atoms with van der Waals surface area (Å²) in [6.45, 7) is 1.25. The second-order valence-corrected chi connectivity index (χ2v) is 10.2. The average Bonchev–Trinajstić information content (AvgIpc) is 2.83. The summed E-state index contributed by atoms with van der Waals surface area (Å²) < 4.78 is 28.2. The number of nitrogens with zero attached hydrogens (tertiary/aromatic N) is 2. The molecule has 0 fully saturated rings. The van der Waals surface area contributed by atoms with E-state index in [0.29, 0.717) is 43.2 Å². The number of nitrogens with one attached hydrogen (secondary N) is 1. The lowest BCUT2D eigenvalue weighted by molar-refractivity contribution is -0.118. The minimum Gasteiger partial charge on any atom is -0.354 e. The molecule has 1 aromatic rings. The molecule has 0 aromatic heterocycles. The van der Waals surface area contributed by atoms with Gasteiger partial charge in [0.25, 0.3) is 10.0 Å². The van der Waals surface area contributed by atoms with Crippen LogP contribution in [0.3, 0.4) is 0 Å². The minimum atomic E-state index is -3.78. The van der Waals surface area contributed by atoms with E-state index in [4.69, 9.17) is 11.6 Å². The Morgan fingerprint density at radius 1 is 1.35 bits per heavy atom. The van der Waals surface area contributed by atoms with E-state index in [1.54, 1.807) is 19.2 Å². The molecule has 1 aliphatic carbocycles. The number of allylic oxidation sites excluding steroid dienone is 3. The van der Waals surface area contributed by atoms with Crippen LogP contribution in [-0.2, 0) is 19.6 Å². The van der Waals surface area contributed by atoms with E-state index < -0.39 is 10.0 Å². The molecule has 0 radical (unpaired) electrons. The Hall–Kier alpha value is -1.81. The minimum absolute atomic E-state index is 0.0858. The van der Waals surface area contributed by atoms with Crippen LogP contribution in [0.4, 0.5) is 5.69 Å². The molecule has 0 bridgehead atoms. The summed E-state index contributed by atoms with van der Waals surface area (Å²) in [5, 5.41) is 3.20. The normalized spacial score (nSPS) is 22.0. The summed E-state index contributed by atoms with van der Waals surface area (Å²) in [6.07, 6.45) is 4.95. The van der Waals surface area contributed by atoms with Crippen LogP contribution in [0, 0.1) is 5.92 Å². The van der Waals surface area contributed by atoms with Gasteiger partial charge in [-0.25, -0.2) is 8.42 Å². The first-order valence-corrected chi connectivity index (χ1v) is 12.5. The highest BCUT2D eigenvalue weighted by molar-refractivity contribution is 7.96. The largest absolute Gasteiger partial charge is 0.354 e. The van der Waals surface area contributed by atoms with Crippen molar-refractivity contribution in [3.05, 3.63) is 51.9 Å². The van der Waals surface area contributed by atoms with Crippen molar-refractivity contribution in [1.82, 2.24) is 10.2 Å². The molecule has 2 aliphatic rings. The Morgan fingerprint density at radius 2 is 2.10 bits per heavy atom. The van der Waals surface area contributed by atoms with Gasteiger partial charge in [0, 0.05) is 50.1 Å². The van der Waals surface area contributed by atoms with E-state index in [9.17, 15) is 18.0 Å². The number of fused-ring (bicyclic) bond motifs is 2. The highest BCUT2D eigenvalue weighted by Crippen LogP contribution is 2.48. The number of rotatable bonds is 8. The van der Waals surface area contributed by atoms with Crippen molar-refractivity contribution >= 4 is 52.1 Å². The van der Waals surface area contributed by atoms with Crippen LogP contribution in [0.15, 0.2) is 46.4 Å². The van der Waals surface area contributed by atoms with Gasteiger partial charge < -0.3 is 10.1 Å². The van der Waals surface area contributed by atoms with Crippen LogP contribution in [-0.4, -0.2) is 57.9 Å². The Labute approximate surface area is 193 Å². The van der Waals surface area contributed by atoms with E-state index in [1.807, 2.05) is 18.2 Å². The molecular weight excluding hydrogens is 458 g/mol. The Morgan fingerprint density at radius 3 is 2.81 bits per heavy atom. The van der Waals surface area contributed by atoms with Gasteiger partial charge in [-0.05, 0) is 24.1 Å². The van der Waals surface area contributed by atoms with Gasteiger partial charge >= 0.3 is 0 Å². The van der Waals surface area contributed by atoms with Crippen molar-refractivity contribution in [2.24, 2.45) is 5.92 Å². The number of sulfonamides is 1. The van der Waals surface area contributed by atoms with Crippen molar-refractivity contribution in [1.29, 1.82) is 0 Å². The number of carbonyl (C=O) groups excluding carboxylic acids is 2. The molecule has 7 nitrogen and oxygen atoms in total. The summed E-state index contributed by atoms with van der Waals surface area (Å²) in [5.41, 5.74) is 1.45. The standard InChI is InChI=1S/C21H26ClN3O4S2/c1-24-18-6-3-2-5-16(18)21(17-8-7-15(22)13-19(17)31(24,28)29)25(10-4-12-26)11-9-23-20(27)14-30/h2-3,5-7,12-13,17,21,30H,4,8-11,14H2,1H3,(H,23,27). The molecule has 0 spiro atoms. The van der Waals surface area contributed by atoms with Crippen LogP contribution >= 0.6 is 24.2 Å². The fraction of sp³-hybridized carbons (Fsp3) is 0.429. The molecule has 0 saturated heterocycles. The van der Waals surface area contributed by atoms with Crippen molar-refractivity contribution in [2.45, 2.75) is 18.9 Å². The Kier molecular flexibility index (Phi) is 7.85. The van der Waals surface area contributed by atoms with Gasteiger partial charge in [0.2, 0.25) is 5.91 Å². The Bertz CT molecular complexity index is 1010. The van der Waals surface area contributed by atoms with Crippen LogP contribution in [0.5, 0.6) is 0 Å². The molecule has 31 heavy (non-hydrogen) atoms. The molecule has 1 heterocycles. The molecule has 3 rings (SSSR count). The molecule has 1 aliphatic heterocycles. The lowest BCUT2D eigenvalue weighted by atomic mass is 9.85. The van der Waals surface area contributed by atoms with Crippen molar-refractivity contribution in [3.8, 4) is 0 Å². The van der Waals surface area contributed by atoms with Gasteiger partial charge in [-0.3, -0.25) is 14.0 Å². The van der Waals surface area contributed by atoms with Crippen molar-refractivity contribution < 1.29 is 18.0 Å². The number of halogens is 1. The topological polar surface area (TPSA) is 86.8 Å². The van der Waals surface area contributed by atoms with Crippen molar-refractivity contribution in [3.63, 3.8) is 0 Å². The van der Waals surface area contributed by atoms with E-state index in [-0.39, 0.29) is 28.5 Å². The summed E-state index contributed by atoms with van der Waals surface area (Å²) >= 11 is 10.2. The second kappa shape index (κ2) is 10.2. The third kappa shape index (κ3) is 5.00. The lowest BCUT2D eigenvalue weighted by Crippen LogP contribution is -2.41. The SMILES string of the molecule is CN1c2ccccc2C(N(CCC=O)CCNC(=O)CS)C2CC=C(Cl)C=C2S1(=O)=O. The first-order valence-electron chi connectivity index (χ1n) is 10.0. The maximum Gasteiger partial charge on any atom is 0.260 e. The molecule has 168 valence electrons. The van der Waals surface area contributed by atoms with Crippen molar-refractivity contribution in [2.75, 3.05) is 36.7 Å². The van der Waals surface area contributed by atoms with E-state index in [2.05, 4.69) is 22.8 Å². The number of benzene rings is 1. The molecule has 1 N–H and O–H groups in total. The molecule has 2 unspecified atom stereocenters. The van der Waals surface area contributed by atoms with Gasteiger partial charge in [-0.15, -0.1) is 0 Å². The van der Waals surface area contributed by atoms with E-state index >= 15 is 0 Å². The van der Waals surface area contributed by atoms with E-state index in [1.165, 1.54) is 10.4 Å². The number of thiol groups is 1. The smallest absolute Gasteiger partial charge is 0.260 e. The summed E-state index contributed by atoms with van der Waals surface area (Å²) in [7, 11) is -2.23. The zero-order chi connectivity index (χ0) is 22.6. The predicted molar refractivity (Wildman–Crippen MR) is 126 cm³/mol. The van der Waals surface area contributed by atoms with Gasteiger partial charge in [-0.2, -0.15) is 12.6 Å². The highest BCUT2D eigenvalue weighted by atomic mass is 35.5. The maximum absolute atomic E-state index is 13.4. The van der Waals surface area contributed by atoms with Crippen LogP contribution < -0.4 is 9.62 Å². The number of carbonyl (C=O) groups is 2. The van der Waals surface area contributed by atoms with Crippen LogP contribution in [0.25, 0.3) is 0 Å². The monoisotopic (exact) mass is 483 g/mol. The number of amides is 1. The number of para-hydroxylation sites is 1. The number of hydrogen-bond donors (Lipinski definition) is 2. The van der Waals surface area contributed by atoms with E-state index in [0.717, 1.165) is 11.8 Å². The fourth-order valence-corrected chi connectivity index (χ4v) is 6.20. The van der Waals surface area contributed by atoms with Gasteiger partial charge in [-0.1, -0.05) is 35.9 Å². The molecule has 1 aromatic carbocycles. The summed E-state index contributed by atoms with van der Waals surface area (Å²) in [4.78, 5) is 25.2. The number of aldehydes is 1. The molecule has 2 atom stereocenters. The molecule has 1 amide bonds. The van der Waals surface area contributed by atoms with Crippen LogP contribution in [0.1, 0.15) is 24.4 Å². The average molecular weight is 484 g/mol. The molecule has 10 heteroatoms. The first-order chi connectivity index (χ1) is 14.8. The number of hydrogen-bond acceptors (Lipinski definition) is 6. The van der Waals surface area contributed by atoms with Gasteiger partial charge in [0.1, 0.15) is 6.29 Å². The summed E-state index contributed by atoms with van der Waals surface area (Å²) in [6, 6.07) is 7.09. The number of anilines is 1. The second-order valence-electron chi connectivity index (χ2n) is 7.45. The summed E-state index contributed by atoms with van der Waals surface area (Å²) in [5.74, 6) is -0.469. The highest BCUT2D eigenvalue weighted by Gasteiger charge is 2.43.